The Balaban J connectivity index is 1.62. The first kappa shape index (κ1) is 16.1. The van der Waals surface area contributed by atoms with Crippen LogP contribution in [0.1, 0.15) is 38.5 Å². The number of piperidine rings is 1. The molecule has 3 amide bonds. The third kappa shape index (κ3) is 3.28. The maximum absolute atomic E-state index is 12.7. The molecule has 23 heavy (non-hydrogen) atoms. The molecule has 7 nitrogen and oxygen atoms in total. The lowest BCUT2D eigenvalue weighted by atomic mass is 9.96. The Morgan fingerprint density at radius 2 is 1.48 bits per heavy atom. The van der Waals surface area contributed by atoms with Crippen LogP contribution in [0, 0.1) is 5.92 Å². The maximum atomic E-state index is 12.7. The number of carbonyl (C=O) groups is 3. The highest BCUT2D eigenvalue weighted by atomic mass is 16.4. The fraction of sp³-hybridized carbons (Fsp3) is 0.812. The van der Waals surface area contributed by atoms with Crippen LogP contribution in [0.4, 0.5) is 4.79 Å². The second kappa shape index (κ2) is 6.76. The molecule has 3 rings (SSSR count). The van der Waals surface area contributed by atoms with Crippen LogP contribution in [0.15, 0.2) is 0 Å². The van der Waals surface area contributed by atoms with Crippen molar-refractivity contribution in [2.24, 2.45) is 5.92 Å². The monoisotopic (exact) mass is 323 g/mol. The van der Waals surface area contributed by atoms with E-state index in [-0.39, 0.29) is 17.9 Å². The summed E-state index contributed by atoms with van der Waals surface area (Å²) in [4.78, 5) is 41.6. The maximum Gasteiger partial charge on any atom is 0.326 e. The summed E-state index contributed by atoms with van der Waals surface area (Å²) in [5.74, 6) is -1.26. The summed E-state index contributed by atoms with van der Waals surface area (Å²) in [6.07, 6.45) is 4.93. The average molecular weight is 323 g/mol. The average Bonchev–Trinajstić information content (AvgIpc) is 3.24. The molecule has 1 N–H and O–H groups in total. The summed E-state index contributed by atoms with van der Waals surface area (Å²) in [5.41, 5.74) is 0. The standard InChI is InChI=1S/C16H25N3O4/c20-14(19-10-4-6-13(19)15(21)22)12-5-3-9-18(11-12)16(23)17-7-1-2-8-17/h12-13H,1-11H2,(H,21,22). The molecule has 3 aliphatic rings. The molecule has 0 radical (unpaired) electrons. The molecule has 7 heteroatoms. The molecule has 2 unspecified atom stereocenters. The van der Waals surface area contributed by atoms with Crippen molar-refractivity contribution in [2.45, 2.75) is 44.6 Å². The zero-order valence-electron chi connectivity index (χ0n) is 13.4. The first-order chi connectivity index (χ1) is 11.1. The van der Waals surface area contributed by atoms with Crippen LogP contribution < -0.4 is 0 Å². The summed E-state index contributed by atoms with van der Waals surface area (Å²) in [6.45, 7) is 3.26. The van der Waals surface area contributed by atoms with E-state index in [1.54, 1.807) is 4.90 Å². The van der Waals surface area contributed by atoms with Crippen LogP contribution in [0.25, 0.3) is 0 Å². The third-order valence-corrected chi connectivity index (χ3v) is 5.24. The lowest BCUT2D eigenvalue weighted by molar-refractivity contribution is -0.150. The largest absolute Gasteiger partial charge is 0.480 e. The van der Waals surface area contributed by atoms with E-state index in [0.29, 0.717) is 26.1 Å². The van der Waals surface area contributed by atoms with Crippen molar-refractivity contribution in [3.05, 3.63) is 0 Å². The molecule has 0 aromatic heterocycles. The number of hydrogen-bond donors (Lipinski definition) is 1. The van der Waals surface area contributed by atoms with Crippen LogP contribution in [0.2, 0.25) is 0 Å². The lowest BCUT2D eigenvalue weighted by Gasteiger charge is -2.36. The van der Waals surface area contributed by atoms with Crippen LogP contribution in [-0.2, 0) is 9.59 Å². The van der Waals surface area contributed by atoms with Gasteiger partial charge in [0.2, 0.25) is 5.91 Å². The molecule has 0 spiro atoms. The van der Waals surface area contributed by atoms with E-state index >= 15 is 0 Å². The zero-order valence-corrected chi connectivity index (χ0v) is 13.4. The van der Waals surface area contributed by atoms with Gasteiger partial charge < -0.3 is 19.8 Å². The Morgan fingerprint density at radius 3 is 2.17 bits per heavy atom. The number of rotatable bonds is 2. The second-order valence-electron chi connectivity index (χ2n) is 6.79. The van der Waals surface area contributed by atoms with Gasteiger partial charge >= 0.3 is 12.0 Å². The Bertz CT molecular complexity index is 490. The number of carbonyl (C=O) groups excluding carboxylic acids is 2. The molecule has 0 aliphatic carbocycles. The van der Waals surface area contributed by atoms with Crippen molar-refractivity contribution in [2.75, 3.05) is 32.7 Å². The minimum absolute atomic E-state index is 0.0382. The fourth-order valence-electron chi connectivity index (χ4n) is 3.98. The van der Waals surface area contributed by atoms with E-state index in [4.69, 9.17) is 0 Å². The molecule has 0 bridgehead atoms. The van der Waals surface area contributed by atoms with E-state index in [9.17, 15) is 19.5 Å². The summed E-state index contributed by atoms with van der Waals surface area (Å²) in [6, 6.07) is -0.650. The predicted molar refractivity (Wildman–Crippen MR) is 82.9 cm³/mol. The molecule has 128 valence electrons. The normalized spacial score (nSPS) is 28.3. The van der Waals surface area contributed by atoms with Gasteiger partial charge in [-0.05, 0) is 38.5 Å². The number of hydrogen-bond acceptors (Lipinski definition) is 3. The van der Waals surface area contributed by atoms with Gasteiger partial charge in [-0.3, -0.25) is 4.79 Å². The summed E-state index contributed by atoms with van der Waals surface area (Å²) in [5, 5.41) is 9.25. The quantitative estimate of drug-likeness (QED) is 0.822. The zero-order chi connectivity index (χ0) is 16.4. The summed E-state index contributed by atoms with van der Waals surface area (Å²) >= 11 is 0. The first-order valence-corrected chi connectivity index (χ1v) is 8.65. The van der Waals surface area contributed by atoms with Crippen molar-refractivity contribution >= 4 is 17.9 Å². The highest BCUT2D eigenvalue weighted by molar-refractivity contribution is 5.86. The molecular weight excluding hydrogens is 298 g/mol. The summed E-state index contributed by atoms with van der Waals surface area (Å²) in [7, 11) is 0. The second-order valence-corrected chi connectivity index (χ2v) is 6.79. The minimum Gasteiger partial charge on any atom is -0.480 e. The smallest absolute Gasteiger partial charge is 0.326 e. The number of nitrogens with zero attached hydrogens (tertiary/aromatic N) is 3. The van der Waals surface area contributed by atoms with Crippen LogP contribution in [0.5, 0.6) is 0 Å². The van der Waals surface area contributed by atoms with Gasteiger partial charge in [0.25, 0.3) is 0 Å². The highest BCUT2D eigenvalue weighted by Crippen LogP contribution is 2.25. The van der Waals surface area contributed by atoms with Gasteiger partial charge in [-0.15, -0.1) is 0 Å². The molecule has 0 aromatic carbocycles. The molecule has 3 aliphatic heterocycles. The number of carboxylic acid groups (broad SMARTS) is 1. The number of amides is 3. The predicted octanol–water partition coefficient (Wildman–Crippen LogP) is 0.990. The number of carboxylic acids is 1. The number of aliphatic carboxylic acids is 1. The van der Waals surface area contributed by atoms with E-state index in [2.05, 4.69) is 0 Å². The van der Waals surface area contributed by atoms with Gasteiger partial charge in [-0.25, -0.2) is 9.59 Å². The topological polar surface area (TPSA) is 81.2 Å². The Kier molecular flexibility index (Phi) is 4.73. The van der Waals surface area contributed by atoms with Gasteiger partial charge in [-0.1, -0.05) is 0 Å². The van der Waals surface area contributed by atoms with E-state index in [1.807, 2.05) is 4.90 Å². The van der Waals surface area contributed by atoms with Crippen molar-refractivity contribution in [3.63, 3.8) is 0 Å². The molecule has 0 aromatic rings. The van der Waals surface area contributed by atoms with Crippen LogP contribution >= 0.6 is 0 Å². The first-order valence-electron chi connectivity index (χ1n) is 8.65. The number of urea groups is 1. The van der Waals surface area contributed by atoms with Crippen LogP contribution in [-0.4, -0.2) is 76.5 Å². The minimum atomic E-state index is -0.920. The van der Waals surface area contributed by atoms with E-state index in [0.717, 1.165) is 45.2 Å². The van der Waals surface area contributed by atoms with Crippen molar-refractivity contribution in [1.82, 2.24) is 14.7 Å². The van der Waals surface area contributed by atoms with Crippen molar-refractivity contribution in [3.8, 4) is 0 Å². The van der Waals surface area contributed by atoms with E-state index in [1.165, 1.54) is 4.90 Å². The van der Waals surface area contributed by atoms with Crippen LogP contribution in [0.3, 0.4) is 0 Å². The molecule has 3 heterocycles. The van der Waals surface area contributed by atoms with Gasteiger partial charge in [0.1, 0.15) is 6.04 Å². The highest BCUT2D eigenvalue weighted by Gasteiger charge is 2.39. The van der Waals surface area contributed by atoms with Crippen molar-refractivity contribution < 1.29 is 19.5 Å². The molecule has 2 atom stereocenters. The SMILES string of the molecule is O=C(O)C1CCCN1C(=O)C1CCCN(C(=O)N2CCCC2)C1. The molecule has 0 saturated carbocycles. The third-order valence-electron chi connectivity index (χ3n) is 5.24. The van der Waals surface area contributed by atoms with Gasteiger partial charge in [0.15, 0.2) is 0 Å². The molecule has 3 fully saturated rings. The van der Waals surface area contributed by atoms with Crippen molar-refractivity contribution in [1.29, 1.82) is 0 Å². The Morgan fingerprint density at radius 1 is 0.826 bits per heavy atom. The summed E-state index contributed by atoms with van der Waals surface area (Å²) < 4.78 is 0. The van der Waals surface area contributed by atoms with E-state index < -0.39 is 12.0 Å². The Labute approximate surface area is 136 Å². The Hall–Kier alpha value is -1.79. The lowest BCUT2D eigenvalue weighted by Crippen LogP contribution is -2.51. The fourth-order valence-corrected chi connectivity index (χ4v) is 3.98. The number of likely N-dealkylation sites (tertiary alicyclic amines) is 3. The molecular formula is C16H25N3O4. The molecule has 3 saturated heterocycles. The van der Waals surface area contributed by atoms with Gasteiger partial charge in [-0.2, -0.15) is 0 Å². The van der Waals surface area contributed by atoms with Gasteiger partial charge in [0, 0.05) is 32.7 Å². The van der Waals surface area contributed by atoms with Gasteiger partial charge in [0.05, 0.1) is 5.92 Å².